The number of amides is 2. The first-order chi connectivity index (χ1) is 12.2. The van der Waals surface area contributed by atoms with E-state index in [0.717, 1.165) is 18.5 Å². The van der Waals surface area contributed by atoms with Crippen molar-refractivity contribution in [3.8, 4) is 5.88 Å². The first-order valence-corrected chi connectivity index (χ1v) is 8.32. The van der Waals surface area contributed by atoms with Crippen LogP contribution in [0.25, 0.3) is 0 Å². The van der Waals surface area contributed by atoms with Crippen molar-refractivity contribution in [3.05, 3.63) is 54.2 Å². The fraction of sp³-hybridized carbons (Fsp3) is 0.316. The molecule has 1 N–H and O–H groups in total. The standard InChI is InChI=1S/C19H21N3O3/c1-25-17-10-9-14(12-20-17)19(24)22-11-5-6-15(13-22)18(23)21-16-7-3-2-4-8-16/h2-4,7-10,12,15H,5-6,11,13H2,1H3,(H,21,23)/t15-/m1/s1. The summed E-state index contributed by atoms with van der Waals surface area (Å²) in [4.78, 5) is 30.9. The van der Waals surface area contributed by atoms with Crippen LogP contribution in [0.1, 0.15) is 23.2 Å². The van der Waals surface area contributed by atoms with Crippen molar-refractivity contribution >= 4 is 17.5 Å². The smallest absolute Gasteiger partial charge is 0.255 e. The maximum atomic E-state index is 12.6. The normalized spacial score (nSPS) is 17.0. The van der Waals surface area contributed by atoms with Gasteiger partial charge in [-0.05, 0) is 31.0 Å². The Kier molecular flexibility index (Phi) is 5.28. The van der Waals surface area contributed by atoms with Crippen molar-refractivity contribution in [1.29, 1.82) is 0 Å². The van der Waals surface area contributed by atoms with Crippen LogP contribution in [-0.2, 0) is 4.79 Å². The number of para-hydroxylation sites is 1. The van der Waals surface area contributed by atoms with Crippen molar-refractivity contribution in [1.82, 2.24) is 9.88 Å². The molecule has 1 aliphatic rings. The zero-order valence-electron chi connectivity index (χ0n) is 14.1. The van der Waals surface area contributed by atoms with E-state index in [4.69, 9.17) is 4.74 Å². The highest BCUT2D eigenvalue weighted by Gasteiger charge is 2.29. The van der Waals surface area contributed by atoms with Crippen molar-refractivity contribution < 1.29 is 14.3 Å². The predicted molar refractivity (Wildman–Crippen MR) is 94.5 cm³/mol. The number of hydrogen-bond donors (Lipinski definition) is 1. The van der Waals surface area contributed by atoms with Crippen LogP contribution in [0.15, 0.2) is 48.7 Å². The van der Waals surface area contributed by atoms with Gasteiger partial charge in [-0.2, -0.15) is 0 Å². The van der Waals surface area contributed by atoms with Gasteiger partial charge in [0, 0.05) is 31.0 Å². The van der Waals surface area contributed by atoms with Gasteiger partial charge in [-0.1, -0.05) is 18.2 Å². The Morgan fingerprint density at radius 1 is 1.20 bits per heavy atom. The lowest BCUT2D eigenvalue weighted by molar-refractivity contribution is -0.121. The quantitative estimate of drug-likeness (QED) is 0.929. The fourth-order valence-corrected chi connectivity index (χ4v) is 2.95. The Bertz CT molecular complexity index is 731. The maximum Gasteiger partial charge on any atom is 0.255 e. The molecule has 1 aromatic heterocycles. The number of rotatable bonds is 4. The minimum absolute atomic E-state index is 0.0449. The molecule has 25 heavy (non-hydrogen) atoms. The monoisotopic (exact) mass is 339 g/mol. The lowest BCUT2D eigenvalue weighted by atomic mass is 9.96. The van der Waals surface area contributed by atoms with Crippen LogP contribution in [0.4, 0.5) is 5.69 Å². The van der Waals surface area contributed by atoms with E-state index in [0.29, 0.717) is 24.5 Å². The molecule has 2 aromatic rings. The Morgan fingerprint density at radius 3 is 2.68 bits per heavy atom. The minimum Gasteiger partial charge on any atom is -0.481 e. The van der Waals surface area contributed by atoms with E-state index in [2.05, 4.69) is 10.3 Å². The van der Waals surface area contributed by atoms with E-state index in [1.807, 2.05) is 30.3 Å². The summed E-state index contributed by atoms with van der Waals surface area (Å²) in [6.45, 7) is 1.07. The number of benzene rings is 1. The molecule has 6 nitrogen and oxygen atoms in total. The van der Waals surface area contributed by atoms with Gasteiger partial charge in [0.25, 0.3) is 5.91 Å². The number of piperidine rings is 1. The van der Waals surface area contributed by atoms with Gasteiger partial charge >= 0.3 is 0 Å². The highest BCUT2D eigenvalue weighted by atomic mass is 16.5. The van der Waals surface area contributed by atoms with Crippen LogP contribution in [-0.4, -0.2) is 41.9 Å². The number of aromatic nitrogens is 1. The molecule has 1 aliphatic heterocycles. The largest absolute Gasteiger partial charge is 0.481 e. The van der Waals surface area contributed by atoms with Crippen molar-refractivity contribution in [3.63, 3.8) is 0 Å². The summed E-state index contributed by atoms with van der Waals surface area (Å²) in [6, 6.07) is 12.7. The van der Waals surface area contributed by atoms with Gasteiger partial charge in [-0.15, -0.1) is 0 Å². The summed E-state index contributed by atoms with van der Waals surface area (Å²) < 4.78 is 5.01. The molecule has 0 saturated carbocycles. The van der Waals surface area contributed by atoms with Crippen LogP contribution in [0.5, 0.6) is 5.88 Å². The van der Waals surface area contributed by atoms with Gasteiger partial charge in [-0.3, -0.25) is 9.59 Å². The molecule has 1 saturated heterocycles. The van der Waals surface area contributed by atoms with Crippen molar-refractivity contribution in [2.24, 2.45) is 5.92 Å². The maximum absolute atomic E-state index is 12.6. The topological polar surface area (TPSA) is 71.5 Å². The van der Waals surface area contributed by atoms with E-state index in [-0.39, 0.29) is 17.7 Å². The third-order valence-corrected chi connectivity index (χ3v) is 4.31. The molecular formula is C19H21N3O3. The Hall–Kier alpha value is -2.89. The van der Waals surface area contributed by atoms with E-state index in [9.17, 15) is 9.59 Å². The van der Waals surface area contributed by atoms with Gasteiger partial charge in [0.2, 0.25) is 11.8 Å². The first kappa shape index (κ1) is 17.0. The summed E-state index contributed by atoms with van der Waals surface area (Å²) in [5.74, 6) is 0.114. The SMILES string of the molecule is COc1ccc(C(=O)N2CCC[C@@H](C(=O)Nc3ccccc3)C2)cn1. The average Bonchev–Trinajstić information content (AvgIpc) is 2.68. The number of hydrogen-bond acceptors (Lipinski definition) is 4. The number of carbonyl (C=O) groups excluding carboxylic acids is 2. The van der Waals surface area contributed by atoms with E-state index < -0.39 is 0 Å². The van der Waals surface area contributed by atoms with Gasteiger partial charge in [-0.25, -0.2) is 4.98 Å². The summed E-state index contributed by atoms with van der Waals surface area (Å²) >= 11 is 0. The second-order valence-corrected chi connectivity index (χ2v) is 6.03. The molecule has 1 aromatic carbocycles. The molecule has 2 amide bonds. The van der Waals surface area contributed by atoms with Crippen LogP contribution in [0.3, 0.4) is 0 Å². The second kappa shape index (κ2) is 7.79. The van der Waals surface area contributed by atoms with Crippen LogP contribution in [0, 0.1) is 5.92 Å². The number of ether oxygens (including phenoxy) is 1. The van der Waals surface area contributed by atoms with Crippen molar-refractivity contribution in [2.45, 2.75) is 12.8 Å². The fourth-order valence-electron chi connectivity index (χ4n) is 2.95. The summed E-state index contributed by atoms with van der Waals surface area (Å²) in [5, 5.41) is 2.92. The van der Waals surface area contributed by atoms with Gasteiger partial charge < -0.3 is 15.0 Å². The molecule has 130 valence electrons. The average molecular weight is 339 g/mol. The number of nitrogens with one attached hydrogen (secondary N) is 1. The zero-order valence-corrected chi connectivity index (χ0v) is 14.1. The number of likely N-dealkylation sites (tertiary alicyclic amines) is 1. The zero-order chi connectivity index (χ0) is 17.6. The number of anilines is 1. The number of methoxy groups -OCH3 is 1. The molecule has 0 spiro atoms. The van der Waals surface area contributed by atoms with E-state index in [1.54, 1.807) is 17.0 Å². The van der Waals surface area contributed by atoms with Gasteiger partial charge in [0.05, 0.1) is 18.6 Å². The predicted octanol–water partition coefficient (Wildman–Crippen LogP) is 2.58. The highest BCUT2D eigenvalue weighted by Crippen LogP contribution is 2.21. The minimum atomic E-state index is -0.205. The lowest BCUT2D eigenvalue weighted by Gasteiger charge is -2.32. The number of pyridine rings is 1. The summed E-state index contributed by atoms with van der Waals surface area (Å²) in [6.07, 6.45) is 3.10. The molecule has 2 heterocycles. The molecule has 0 aliphatic carbocycles. The molecule has 6 heteroatoms. The molecule has 0 unspecified atom stereocenters. The van der Waals surface area contributed by atoms with Crippen LogP contribution in [0.2, 0.25) is 0 Å². The summed E-state index contributed by atoms with van der Waals surface area (Å²) in [5.41, 5.74) is 1.28. The molecule has 1 fully saturated rings. The van der Waals surface area contributed by atoms with Gasteiger partial charge in [0.15, 0.2) is 0 Å². The van der Waals surface area contributed by atoms with E-state index in [1.165, 1.54) is 13.3 Å². The third kappa shape index (κ3) is 4.15. The molecule has 0 bridgehead atoms. The van der Waals surface area contributed by atoms with Crippen LogP contribution < -0.4 is 10.1 Å². The van der Waals surface area contributed by atoms with Crippen molar-refractivity contribution in [2.75, 3.05) is 25.5 Å². The molecule has 1 atom stereocenters. The van der Waals surface area contributed by atoms with Gasteiger partial charge in [0.1, 0.15) is 0 Å². The highest BCUT2D eigenvalue weighted by molar-refractivity contribution is 5.96. The lowest BCUT2D eigenvalue weighted by Crippen LogP contribution is -2.43. The molecule has 3 rings (SSSR count). The molecule has 0 radical (unpaired) electrons. The Labute approximate surface area is 146 Å². The third-order valence-electron chi connectivity index (χ3n) is 4.31. The molecular weight excluding hydrogens is 318 g/mol. The van der Waals surface area contributed by atoms with E-state index >= 15 is 0 Å². The van der Waals surface area contributed by atoms with Crippen LogP contribution >= 0.6 is 0 Å². The second-order valence-electron chi connectivity index (χ2n) is 6.03. The number of carbonyl (C=O) groups is 2. The summed E-state index contributed by atoms with van der Waals surface area (Å²) in [7, 11) is 1.53. The first-order valence-electron chi connectivity index (χ1n) is 8.32. The Balaban J connectivity index is 1.63. The Morgan fingerprint density at radius 2 is 2.00 bits per heavy atom. The number of nitrogens with zero attached hydrogens (tertiary/aromatic N) is 2.